The van der Waals surface area contributed by atoms with E-state index in [4.69, 9.17) is 4.74 Å². The molecule has 17 heteroatoms. The summed E-state index contributed by atoms with van der Waals surface area (Å²) >= 11 is 0. The van der Waals surface area contributed by atoms with E-state index in [-0.39, 0.29) is 60.2 Å². The fraction of sp³-hybridized carbons (Fsp3) is 0.477. The van der Waals surface area contributed by atoms with Gasteiger partial charge >= 0.3 is 0 Å². The molecule has 6 amide bonds. The van der Waals surface area contributed by atoms with E-state index >= 15 is 0 Å². The summed E-state index contributed by atoms with van der Waals surface area (Å²) in [7, 11) is 0. The fourth-order valence-electron chi connectivity index (χ4n) is 9.42. The Morgan fingerprint density at radius 3 is 2.38 bits per heavy atom. The number of carbonyl (C=O) groups is 6. The van der Waals surface area contributed by atoms with Crippen LogP contribution in [0.3, 0.4) is 0 Å². The summed E-state index contributed by atoms with van der Waals surface area (Å²) in [4.78, 5) is 95.4. The van der Waals surface area contributed by atoms with Crippen LogP contribution in [0.15, 0.2) is 61.2 Å². The zero-order chi connectivity index (χ0) is 42.0. The molecule has 3 saturated heterocycles. The van der Waals surface area contributed by atoms with E-state index < -0.39 is 29.7 Å². The maximum absolute atomic E-state index is 13.4. The Kier molecular flexibility index (Phi) is 11.5. The van der Waals surface area contributed by atoms with Crippen molar-refractivity contribution in [2.75, 3.05) is 51.2 Å². The van der Waals surface area contributed by atoms with Gasteiger partial charge in [-0.2, -0.15) is 0 Å². The van der Waals surface area contributed by atoms with Crippen LogP contribution >= 0.6 is 0 Å². The number of amides is 6. The third kappa shape index (κ3) is 8.56. The Balaban J connectivity index is 0.686. The van der Waals surface area contributed by atoms with E-state index in [1.165, 1.54) is 6.07 Å². The second-order valence-corrected chi connectivity index (χ2v) is 17.0. The van der Waals surface area contributed by atoms with Crippen LogP contribution in [-0.2, 0) is 25.6 Å². The highest BCUT2D eigenvalue weighted by Crippen LogP contribution is 2.36. The summed E-state index contributed by atoms with van der Waals surface area (Å²) in [5.41, 5.74) is 2.72. The van der Waals surface area contributed by atoms with Crippen LogP contribution in [0.2, 0.25) is 0 Å². The van der Waals surface area contributed by atoms with Crippen molar-refractivity contribution < 1.29 is 33.5 Å². The third-order valence-corrected chi connectivity index (χ3v) is 13.0. The number of imidazole rings is 1. The van der Waals surface area contributed by atoms with Crippen molar-refractivity contribution in [3.8, 4) is 5.75 Å². The molecule has 1 saturated carbocycles. The van der Waals surface area contributed by atoms with Crippen LogP contribution in [0.4, 0.5) is 5.82 Å². The Hall–Kier alpha value is -6.23. The van der Waals surface area contributed by atoms with E-state index in [1.54, 1.807) is 23.4 Å². The lowest BCUT2D eigenvalue weighted by Gasteiger charge is -2.37. The van der Waals surface area contributed by atoms with Gasteiger partial charge in [-0.25, -0.2) is 15.0 Å². The molecule has 0 spiro atoms. The minimum atomic E-state index is -1.08. The van der Waals surface area contributed by atoms with Gasteiger partial charge < -0.3 is 29.7 Å². The maximum Gasteiger partial charge on any atom is 0.266 e. The van der Waals surface area contributed by atoms with Crippen LogP contribution in [-0.4, -0.2) is 128 Å². The number of likely N-dealkylation sites (tertiary alicyclic amines) is 2. The quantitative estimate of drug-likeness (QED) is 0.167. The Bertz CT molecular complexity index is 2330. The first kappa shape index (κ1) is 40.2. The van der Waals surface area contributed by atoms with Gasteiger partial charge in [0.05, 0.1) is 23.9 Å². The number of nitrogens with one attached hydrogen (secondary N) is 3. The summed E-state index contributed by atoms with van der Waals surface area (Å²) in [5, 5.41) is 8.92. The van der Waals surface area contributed by atoms with Gasteiger partial charge in [0.15, 0.2) is 18.1 Å². The molecule has 61 heavy (non-hydrogen) atoms. The fourth-order valence-corrected chi connectivity index (χ4v) is 9.42. The predicted octanol–water partition coefficient (Wildman–Crippen LogP) is 2.73. The zero-order valence-electron chi connectivity index (χ0n) is 34.0. The van der Waals surface area contributed by atoms with Crippen LogP contribution < -0.4 is 20.7 Å². The molecule has 4 aliphatic heterocycles. The first-order valence-electron chi connectivity index (χ1n) is 21.4. The van der Waals surface area contributed by atoms with Gasteiger partial charge in [-0.15, -0.1) is 0 Å². The standard InChI is InChI=1S/C44H50N10O7/c55-35-10-9-33(42(58)50-35)54-43(59)32-7-4-8-34(38(32)44(54)60)61-24-37(57)52-17-13-29(14-18-52)23-51-15-11-28(12-16-51)22-45-40-39-41(47-25-46-40)53(26-48-39)31-20-30(21-31)49-36(56)19-27-5-2-1-3-6-27/h1-8,25-26,28-31,33H,9-24H2,(H,49,56)(H,45,46,47)(H,50,55,58)/t30?,31?,33-/m0/s1. The molecule has 6 heterocycles. The number of nitrogens with zero attached hydrogens (tertiary/aromatic N) is 7. The largest absolute Gasteiger partial charge is 0.483 e. The highest BCUT2D eigenvalue weighted by atomic mass is 16.5. The van der Waals surface area contributed by atoms with Crippen LogP contribution in [0.1, 0.15) is 83.7 Å². The summed E-state index contributed by atoms with van der Waals surface area (Å²) in [6.45, 7) is 4.80. The first-order chi connectivity index (χ1) is 29.7. The van der Waals surface area contributed by atoms with Gasteiger partial charge in [0.25, 0.3) is 17.7 Å². The molecule has 9 rings (SSSR count). The lowest BCUT2D eigenvalue weighted by molar-refractivity contribution is -0.136. The predicted molar refractivity (Wildman–Crippen MR) is 221 cm³/mol. The number of piperidine rings is 3. The first-order valence-corrected chi connectivity index (χ1v) is 21.4. The van der Waals surface area contributed by atoms with E-state index in [1.807, 2.05) is 36.7 Å². The molecule has 1 atom stereocenters. The SMILES string of the molecule is O=C1CC[C@H](N2C(=O)c3cccc(OCC(=O)N4CCC(CN5CCC(CNc6ncnc7c6ncn7C6CC(NC(=O)Cc7ccccc7)C6)CC5)CC4)c3C2=O)C(=O)N1. The monoisotopic (exact) mass is 830 g/mol. The molecule has 4 aromatic rings. The van der Waals surface area contributed by atoms with E-state index in [0.717, 1.165) is 92.1 Å². The molecule has 3 N–H and O–H groups in total. The highest BCUT2D eigenvalue weighted by molar-refractivity contribution is 6.24. The molecular weight excluding hydrogens is 781 g/mol. The minimum absolute atomic E-state index is 0.0299. The Labute approximate surface area is 352 Å². The van der Waals surface area contributed by atoms with Crippen LogP contribution in [0, 0.1) is 11.8 Å². The molecule has 318 valence electrons. The summed E-state index contributed by atoms with van der Waals surface area (Å²) < 4.78 is 7.96. The second-order valence-electron chi connectivity index (χ2n) is 17.0. The highest BCUT2D eigenvalue weighted by Gasteiger charge is 2.46. The topological polar surface area (TPSA) is 201 Å². The maximum atomic E-state index is 13.4. The lowest BCUT2D eigenvalue weighted by atomic mass is 9.86. The number of carbonyl (C=O) groups excluding carboxylic acids is 6. The third-order valence-electron chi connectivity index (χ3n) is 13.0. The summed E-state index contributed by atoms with van der Waals surface area (Å²) in [5.74, 6) is -0.692. The number of aromatic nitrogens is 4. The molecule has 1 aliphatic carbocycles. The molecule has 0 radical (unpaired) electrons. The summed E-state index contributed by atoms with van der Waals surface area (Å²) in [6, 6.07) is 13.7. The average Bonchev–Trinajstić information content (AvgIpc) is 3.79. The van der Waals surface area contributed by atoms with E-state index in [2.05, 4.69) is 40.4 Å². The molecule has 2 aromatic heterocycles. The zero-order valence-corrected chi connectivity index (χ0v) is 34.0. The molecule has 5 aliphatic rings. The molecule has 17 nitrogen and oxygen atoms in total. The Morgan fingerprint density at radius 1 is 0.836 bits per heavy atom. The van der Waals surface area contributed by atoms with Gasteiger partial charge in [-0.05, 0) is 87.6 Å². The average molecular weight is 831 g/mol. The van der Waals surface area contributed by atoms with Crippen molar-refractivity contribution in [3.63, 3.8) is 0 Å². The number of hydrogen-bond donors (Lipinski definition) is 3. The number of fused-ring (bicyclic) bond motifs is 2. The number of rotatable bonds is 13. The summed E-state index contributed by atoms with van der Waals surface area (Å²) in [6.07, 6.45) is 9.52. The van der Waals surface area contributed by atoms with E-state index in [0.29, 0.717) is 31.3 Å². The van der Waals surface area contributed by atoms with Gasteiger partial charge in [0.2, 0.25) is 17.7 Å². The molecular formula is C44H50N10O7. The van der Waals surface area contributed by atoms with Gasteiger partial charge in [-0.1, -0.05) is 36.4 Å². The van der Waals surface area contributed by atoms with Gasteiger partial charge in [0.1, 0.15) is 23.6 Å². The number of anilines is 1. The van der Waals surface area contributed by atoms with Crippen LogP contribution in [0.5, 0.6) is 5.75 Å². The van der Waals surface area contributed by atoms with Crippen molar-refractivity contribution in [2.24, 2.45) is 11.8 Å². The molecule has 0 unspecified atom stereocenters. The normalized spacial score (nSPS) is 22.5. The number of imide groups is 2. The van der Waals surface area contributed by atoms with Crippen molar-refractivity contribution >= 4 is 52.4 Å². The number of benzene rings is 2. The van der Waals surface area contributed by atoms with Gasteiger partial charge in [0, 0.05) is 44.7 Å². The Morgan fingerprint density at radius 2 is 1.61 bits per heavy atom. The molecule has 4 fully saturated rings. The van der Waals surface area contributed by atoms with Crippen molar-refractivity contribution in [1.29, 1.82) is 0 Å². The van der Waals surface area contributed by atoms with Crippen LogP contribution in [0.25, 0.3) is 11.2 Å². The molecule has 2 aromatic carbocycles. The molecule has 0 bridgehead atoms. The van der Waals surface area contributed by atoms with Crippen molar-refractivity contribution in [3.05, 3.63) is 77.9 Å². The van der Waals surface area contributed by atoms with Gasteiger partial charge in [-0.3, -0.25) is 39.0 Å². The second kappa shape index (κ2) is 17.4. The lowest BCUT2D eigenvalue weighted by Crippen LogP contribution is -2.54. The van der Waals surface area contributed by atoms with Crippen molar-refractivity contribution in [1.82, 2.24) is 44.9 Å². The van der Waals surface area contributed by atoms with Crippen molar-refractivity contribution in [2.45, 2.75) is 75.9 Å². The minimum Gasteiger partial charge on any atom is -0.483 e. The number of hydrogen-bond acceptors (Lipinski definition) is 12. The smallest absolute Gasteiger partial charge is 0.266 e. The van der Waals surface area contributed by atoms with E-state index in [9.17, 15) is 28.8 Å². The number of ether oxygens (including phenoxy) is 1.